The van der Waals surface area contributed by atoms with Crippen molar-refractivity contribution in [2.45, 2.75) is 129 Å². The molecule has 1 amide bonds. The van der Waals surface area contributed by atoms with Gasteiger partial charge in [0.15, 0.2) is 0 Å². The number of carbonyl (C=O) groups is 1. The van der Waals surface area contributed by atoms with E-state index in [1.165, 1.54) is 83.5 Å². The number of hydrogen-bond donors (Lipinski definition) is 1. The van der Waals surface area contributed by atoms with Gasteiger partial charge in [0.1, 0.15) is 12.7 Å². The lowest BCUT2D eigenvalue weighted by molar-refractivity contribution is -0.165. The number of unbranched alkanes of at least 4 members (excludes halogenated alkanes) is 16. The average Bonchev–Trinajstić information content (AvgIpc) is 2.83. The van der Waals surface area contributed by atoms with Crippen molar-refractivity contribution >= 4 is 22.0 Å². The van der Waals surface area contributed by atoms with Crippen LogP contribution in [0.1, 0.15) is 122 Å². The number of carboxylic acid groups (broad SMARTS) is 1. The minimum absolute atomic E-state index is 0.181. The third-order valence-electron chi connectivity index (χ3n) is 6.15. The van der Waals surface area contributed by atoms with Gasteiger partial charge in [0.25, 0.3) is 0 Å². The molecule has 0 bridgehead atoms. The van der Waals surface area contributed by atoms with Crippen LogP contribution in [-0.4, -0.2) is 61.2 Å². The van der Waals surface area contributed by atoms with Crippen LogP contribution in [0.15, 0.2) is 0 Å². The van der Waals surface area contributed by atoms with E-state index in [0.29, 0.717) is 19.8 Å². The van der Waals surface area contributed by atoms with Crippen LogP contribution in [0.25, 0.3) is 0 Å². The minimum Gasteiger partial charge on any atom is -0.463 e. The number of alkyl halides is 1. The maximum absolute atomic E-state index is 11.4. The SMILES string of the molecule is CCCCCCCCCCCCCCCCCCN(OCC(COCCCCBr)OC)C(=O)O. The third kappa shape index (κ3) is 23.4. The molecule has 0 aliphatic carbocycles. The summed E-state index contributed by atoms with van der Waals surface area (Å²) >= 11 is 3.40. The molecular weight excluding hydrogens is 498 g/mol. The second kappa shape index (κ2) is 27.2. The standard InChI is InChI=1S/C27H54BrNO5/c1-3-4-5-6-7-8-9-10-11-12-13-14-15-16-17-19-22-29(27(30)31)34-25-26(32-2)24-33-23-20-18-21-28/h26H,3-25H2,1-2H3,(H,30,31). The molecule has 34 heavy (non-hydrogen) atoms. The zero-order valence-electron chi connectivity index (χ0n) is 22.2. The molecule has 0 aromatic rings. The lowest BCUT2D eigenvalue weighted by Crippen LogP contribution is -2.35. The molecule has 0 rings (SSSR count). The van der Waals surface area contributed by atoms with Crippen molar-refractivity contribution in [1.29, 1.82) is 0 Å². The van der Waals surface area contributed by atoms with E-state index in [0.717, 1.165) is 42.5 Å². The van der Waals surface area contributed by atoms with Crippen LogP contribution >= 0.6 is 15.9 Å². The van der Waals surface area contributed by atoms with E-state index in [1.807, 2.05) is 0 Å². The smallest absolute Gasteiger partial charge is 0.431 e. The van der Waals surface area contributed by atoms with Crippen LogP contribution in [-0.2, 0) is 14.3 Å². The molecule has 0 aliphatic rings. The highest BCUT2D eigenvalue weighted by atomic mass is 79.9. The summed E-state index contributed by atoms with van der Waals surface area (Å²) in [5.41, 5.74) is 0. The van der Waals surface area contributed by atoms with Crippen molar-refractivity contribution in [2.24, 2.45) is 0 Å². The predicted octanol–water partition coefficient (Wildman–Crippen LogP) is 8.37. The molecule has 6 nitrogen and oxygen atoms in total. The van der Waals surface area contributed by atoms with E-state index in [-0.39, 0.29) is 12.7 Å². The summed E-state index contributed by atoms with van der Waals surface area (Å²) in [6.45, 7) is 3.93. The Morgan fingerprint density at radius 2 is 1.26 bits per heavy atom. The number of amides is 1. The number of nitrogens with zero attached hydrogens (tertiary/aromatic N) is 1. The molecule has 0 aromatic carbocycles. The number of hydrogen-bond acceptors (Lipinski definition) is 4. The molecule has 0 aliphatic heterocycles. The molecule has 204 valence electrons. The number of ether oxygens (including phenoxy) is 2. The molecule has 1 N–H and O–H groups in total. The van der Waals surface area contributed by atoms with Crippen LogP contribution in [0, 0.1) is 0 Å². The maximum Gasteiger partial charge on any atom is 0.431 e. The minimum atomic E-state index is -1.05. The first kappa shape index (κ1) is 33.6. The van der Waals surface area contributed by atoms with Crippen LogP contribution in [0.4, 0.5) is 4.79 Å². The highest BCUT2D eigenvalue weighted by molar-refractivity contribution is 9.09. The molecule has 0 aromatic heterocycles. The van der Waals surface area contributed by atoms with Gasteiger partial charge in [-0.05, 0) is 19.3 Å². The zero-order chi connectivity index (χ0) is 25.1. The molecule has 0 saturated carbocycles. The normalized spacial score (nSPS) is 12.2. The van der Waals surface area contributed by atoms with Crippen molar-refractivity contribution in [3.63, 3.8) is 0 Å². The third-order valence-corrected chi connectivity index (χ3v) is 6.71. The van der Waals surface area contributed by atoms with E-state index in [9.17, 15) is 9.90 Å². The van der Waals surface area contributed by atoms with Crippen molar-refractivity contribution in [3.8, 4) is 0 Å². The monoisotopic (exact) mass is 551 g/mol. The number of hydroxylamine groups is 2. The molecule has 1 atom stereocenters. The summed E-state index contributed by atoms with van der Waals surface area (Å²) in [6.07, 6.45) is 21.6. The fraction of sp³-hybridized carbons (Fsp3) is 0.963. The average molecular weight is 553 g/mol. The second-order valence-corrected chi connectivity index (χ2v) is 10.1. The number of methoxy groups -OCH3 is 1. The van der Waals surface area contributed by atoms with E-state index >= 15 is 0 Å². The first-order valence-corrected chi connectivity index (χ1v) is 15.1. The molecule has 1 unspecified atom stereocenters. The van der Waals surface area contributed by atoms with Crippen molar-refractivity contribution in [3.05, 3.63) is 0 Å². The molecular formula is C27H54BrNO5. The Balaban J connectivity index is 3.59. The highest BCUT2D eigenvalue weighted by Crippen LogP contribution is 2.14. The molecule has 0 fully saturated rings. The summed E-state index contributed by atoms with van der Waals surface area (Å²) < 4.78 is 10.9. The quantitative estimate of drug-likeness (QED) is 0.0630. The van der Waals surface area contributed by atoms with E-state index in [1.54, 1.807) is 7.11 Å². The van der Waals surface area contributed by atoms with Gasteiger partial charge in [-0.2, -0.15) is 5.06 Å². The lowest BCUT2D eigenvalue weighted by Gasteiger charge is -2.22. The largest absolute Gasteiger partial charge is 0.463 e. The van der Waals surface area contributed by atoms with Gasteiger partial charge < -0.3 is 14.6 Å². The van der Waals surface area contributed by atoms with Crippen molar-refractivity contribution in [2.75, 3.05) is 38.8 Å². The van der Waals surface area contributed by atoms with Gasteiger partial charge in [-0.1, -0.05) is 119 Å². The van der Waals surface area contributed by atoms with Gasteiger partial charge in [0, 0.05) is 19.0 Å². The van der Waals surface area contributed by atoms with Crippen LogP contribution < -0.4 is 0 Å². The van der Waals surface area contributed by atoms with Crippen molar-refractivity contribution < 1.29 is 24.2 Å². The first-order chi connectivity index (χ1) is 16.7. The van der Waals surface area contributed by atoms with Crippen LogP contribution in [0.5, 0.6) is 0 Å². The first-order valence-electron chi connectivity index (χ1n) is 14.0. The summed E-state index contributed by atoms with van der Waals surface area (Å²) in [5.74, 6) is 0. The Kier molecular flexibility index (Phi) is 26.9. The van der Waals surface area contributed by atoms with Crippen LogP contribution in [0.2, 0.25) is 0 Å². The summed E-state index contributed by atoms with van der Waals surface area (Å²) in [6, 6.07) is 0. The van der Waals surface area contributed by atoms with Gasteiger partial charge in [-0.3, -0.25) is 4.84 Å². The van der Waals surface area contributed by atoms with Gasteiger partial charge in [-0.15, -0.1) is 0 Å². The second-order valence-electron chi connectivity index (χ2n) is 9.31. The van der Waals surface area contributed by atoms with Gasteiger partial charge in [0.2, 0.25) is 0 Å². The Labute approximate surface area is 218 Å². The fourth-order valence-electron chi connectivity index (χ4n) is 3.89. The van der Waals surface area contributed by atoms with Gasteiger partial charge in [0.05, 0.1) is 13.2 Å². The molecule has 0 heterocycles. The van der Waals surface area contributed by atoms with E-state index in [2.05, 4.69) is 22.9 Å². The topological polar surface area (TPSA) is 68.2 Å². The maximum atomic E-state index is 11.4. The zero-order valence-corrected chi connectivity index (χ0v) is 23.8. The number of halogens is 1. The Hall–Kier alpha value is -0.370. The predicted molar refractivity (Wildman–Crippen MR) is 145 cm³/mol. The molecule has 7 heteroatoms. The fourth-order valence-corrected chi connectivity index (χ4v) is 4.29. The molecule has 0 saturated heterocycles. The highest BCUT2D eigenvalue weighted by Gasteiger charge is 2.16. The lowest BCUT2D eigenvalue weighted by atomic mass is 10.0. The molecule has 0 radical (unpaired) electrons. The Morgan fingerprint density at radius 1 is 0.765 bits per heavy atom. The van der Waals surface area contributed by atoms with Gasteiger partial charge in [-0.25, -0.2) is 4.79 Å². The summed E-state index contributed by atoms with van der Waals surface area (Å²) in [7, 11) is 1.59. The van der Waals surface area contributed by atoms with E-state index in [4.69, 9.17) is 14.3 Å². The Bertz CT molecular complexity index is 428. The molecule has 0 spiro atoms. The van der Waals surface area contributed by atoms with Crippen molar-refractivity contribution in [1.82, 2.24) is 5.06 Å². The Morgan fingerprint density at radius 3 is 1.71 bits per heavy atom. The summed E-state index contributed by atoms with van der Waals surface area (Å²) in [5, 5.41) is 11.4. The van der Waals surface area contributed by atoms with E-state index < -0.39 is 6.09 Å². The summed E-state index contributed by atoms with van der Waals surface area (Å²) in [4.78, 5) is 16.9. The van der Waals surface area contributed by atoms with Crippen LogP contribution in [0.3, 0.4) is 0 Å². The van der Waals surface area contributed by atoms with Gasteiger partial charge >= 0.3 is 6.09 Å². The number of rotatable bonds is 27.